The maximum atomic E-state index is 11.9. The molecule has 0 saturated heterocycles. The van der Waals surface area contributed by atoms with Crippen LogP contribution in [0.1, 0.15) is 26.3 Å². The molecule has 4 heteroatoms. The number of aromatic nitrogens is 1. The molecule has 0 atom stereocenters. The number of carbonyl (C=O) groups is 1. The fourth-order valence-electron chi connectivity index (χ4n) is 2.38. The minimum Gasteiger partial charge on any atom is -0.352 e. The van der Waals surface area contributed by atoms with Crippen LogP contribution in [0.2, 0.25) is 0 Å². The predicted octanol–water partition coefficient (Wildman–Crippen LogP) is 2.28. The number of hydrogen-bond acceptors (Lipinski definition) is 2. The van der Waals surface area contributed by atoms with E-state index in [-0.39, 0.29) is 11.9 Å². The highest BCUT2D eigenvalue weighted by atomic mass is 16.2. The van der Waals surface area contributed by atoms with Crippen LogP contribution in [-0.2, 0) is 17.9 Å². The highest BCUT2D eigenvalue weighted by Gasteiger charge is 2.10. The second-order valence-electron chi connectivity index (χ2n) is 5.30. The lowest BCUT2D eigenvalue weighted by Crippen LogP contribution is -2.32. The summed E-state index contributed by atoms with van der Waals surface area (Å²) in [6.45, 7) is 8.17. The van der Waals surface area contributed by atoms with Gasteiger partial charge in [-0.15, -0.1) is 0 Å². The summed E-state index contributed by atoms with van der Waals surface area (Å²) in [4.78, 5) is 11.9. The normalized spacial score (nSPS) is 11.2. The predicted molar refractivity (Wildman–Crippen MR) is 82.6 cm³/mol. The van der Waals surface area contributed by atoms with E-state index in [9.17, 15) is 4.79 Å². The molecule has 1 heterocycles. The first-order valence-corrected chi connectivity index (χ1v) is 7.18. The molecule has 4 nitrogen and oxygen atoms in total. The Labute approximate surface area is 120 Å². The van der Waals surface area contributed by atoms with E-state index in [1.54, 1.807) is 0 Å². The van der Waals surface area contributed by atoms with Gasteiger partial charge in [0.05, 0.1) is 0 Å². The van der Waals surface area contributed by atoms with Crippen LogP contribution in [0.15, 0.2) is 30.5 Å². The van der Waals surface area contributed by atoms with E-state index in [4.69, 9.17) is 0 Å². The maximum absolute atomic E-state index is 11.9. The SMILES string of the molecule is CCNCc1cn(CC(=O)NC(C)C)c2ccccc12. The fraction of sp³-hybridized carbons (Fsp3) is 0.438. The van der Waals surface area contributed by atoms with Gasteiger partial charge in [-0.1, -0.05) is 25.1 Å². The molecule has 1 aromatic heterocycles. The zero-order valence-electron chi connectivity index (χ0n) is 12.4. The highest BCUT2D eigenvalue weighted by molar-refractivity contribution is 5.86. The van der Waals surface area contributed by atoms with Crippen molar-refractivity contribution in [2.24, 2.45) is 0 Å². The van der Waals surface area contributed by atoms with E-state index in [1.165, 1.54) is 10.9 Å². The number of amides is 1. The van der Waals surface area contributed by atoms with Crippen LogP contribution < -0.4 is 10.6 Å². The highest BCUT2D eigenvalue weighted by Crippen LogP contribution is 2.21. The molecule has 20 heavy (non-hydrogen) atoms. The van der Waals surface area contributed by atoms with Crippen LogP contribution in [0.5, 0.6) is 0 Å². The van der Waals surface area contributed by atoms with Gasteiger partial charge in [0.15, 0.2) is 0 Å². The Bertz CT molecular complexity index is 586. The Morgan fingerprint density at radius 3 is 2.75 bits per heavy atom. The van der Waals surface area contributed by atoms with Gasteiger partial charge in [-0.2, -0.15) is 0 Å². The Morgan fingerprint density at radius 1 is 1.30 bits per heavy atom. The van der Waals surface area contributed by atoms with Crippen molar-refractivity contribution in [3.8, 4) is 0 Å². The van der Waals surface area contributed by atoms with Crippen molar-refractivity contribution in [2.75, 3.05) is 6.54 Å². The van der Waals surface area contributed by atoms with Gasteiger partial charge in [0.25, 0.3) is 0 Å². The molecule has 0 saturated carbocycles. The van der Waals surface area contributed by atoms with Crippen molar-refractivity contribution in [1.82, 2.24) is 15.2 Å². The van der Waals surface area contributed by atoms with Crippen LogP contribution in [0.4, 0.5) is 0 Å². The molecule has 1 amide bonds. The summed E-state index contributed by atoms with van der Waals surface area (Å²) >= 11 is 0. The van der Waals surface area contributed by atoms with E-state index in [0.717, 1.165) is 18.6 Å². The Balaban J connectivity index is 2.26. The van der Waals surface area contributed by atoms with Crippen LogP contribution in [0, 0.1) is 0 Å². The number of fused-ring (bicyclic) bond motifs is 1. The molecular formula is C16H23N3O. The lowest BCUT2D eigenvalue weighted by molar-refractivity contribution is -0.122. The number of nitrogens with zero attached hydrogens (tertiary/aromatic N) is 1. The summed E-state index contributed by atoms with van der Waals surface area (Å²) < 4.78 is 2.03. The number of para-hydroxylation sites is 1. The minimum atomic E-state index is 0.0516. The molecule has 0 aliphatic rings. The summed E-state index contributed by atoms with van der Waals surface area (Å²) in [5, 5.41) is 7.49. The van der Waals surface area contributed by atoms with E-state index in [0.29, 0.717) is 6.54 Å². The molecule has 2 rings (SSSR count). The number of hydrogen-bond donors (Lipinski definition) is 2. The molecule has 0 bridgehead atoms. The third-order valence-electron chi connectivity index (χ3n) is 3.20. The standard InChI is InChI=1S/C16H23N3O/c1-4-17-9-13-10-19(11-16(20)18-12(2)3)15-8-6-5-7-14(13)15/h5-8,10,12,17H,4,9,11H2,1-3H3,(H,18,20). The zero-order valence-corrected chi connectivity index (χ0v) is 12.4. The van der Waals surface area contributed by atoms with Crippen LogP contribution in [0.3, 0.4) is 0 Å². The third kappa shape index (κ3) is 3.39. The molecule has 0 aliphatic carbocycles. The second-order valence-corrected chi connectivity index (χ2v) is 5.30. The third-order valence-corrected chi connectivity index (χ3v) is 3.20. The van der Waals surface area contributed by atoms with Crippen molar-refractivity contribution in [1.29, 1.82) is 0 Å². The van der Waals surface area contributed by atoms with Gasteiger partial charge in [0.2, 0.25) is 5.91 Å². The van der Waals surface area contributed by atoms with Gasteiger partial charge in [0, 0.05) is 29.7 Å². The van der Waals surface area contributed by atoms with E-state index in [1.807, 2.05) is 30.5 Å². The average Bonchev–Trinajstić information content (AvgIpc) is 2.74. The molecule has 2 aromatic rings. The molecule has 0 radical (unpaired) electrons. The first-order valence-electron chi connectivity index (χ1n) is 7.18. The molecule has 0 unspecified atom stereocenters. The Morgan fingerprint density at radius 2 is 2.05 bits per heavy atom. The summed E-state index contributed by atoms with van der Waals surface area (Å²) in [5.41, 5.74) is 2.35. The summed E-state index contributed by atoms with van der Waals surface area (Å²) in [5.74, 6) is 0.0516. The van der Waals surface area contributed by atoms with Crippen molar-refractivity contribution in [3.63, 3.8) is 0 Å². The Kier molecular flexibility index (Phi) is 4.79. The maximum Gasteiger partial charge on any atom is 0.240 e. The first-order chi connectivity index (χ1) is 9.61. The number of nitrogens with one attached hydrogen (secondary N) is 2. The van der Waals surface area contributed by atoms with Crippen molar-refractivity contribution >= 4 is 16.8 Å². The molecule has 2 N–H and O–H groups in total. The minimum absolute atomic E-state index is 0.0516. The van der Waals surface area contributed by atoms with Crippen LogP contribution in [-0.4, -0.2) is 23.1 Å². The van der Waals surface area contributed by atoms with Gasteiger partial charge < -0.3 is 15.2 Å². The first kappa shape index (κ1) is 14.6. The lowest BCUT2D eigenvalue weighted by Gasteiger charge is -2.09. The second kappa shape index (κ2) is 6.57. The quantitative estimate of drug-likeness (QED) is 0.848. The topological polar surface area (TPSA) is 46.1 Å². The molecule has 1 aromatic carbocycles. The van der Waals surface area contributed by atoms with Gasteiger partial charge in [-0.05, 0) is 32.0 Å². The van der Waals surface area contributed by atoms with Crippen molar-refractivity contribution in [2.45, 2.75) is 39.9 Å². The average molecular weight is 273 g/mol. The van der Waals surface area contributed by atoms with Crippen molar-refractivity contribution in [3.05, 3.63) is 36.0 Å². The fourth-order valence-corrected chi connectivity index (χ4v) is 2.38. The lowest BCUT2D eigenvalue weighted by atomic mass is 10.2. The molecule has 0 fully saturated rings. The van der Waals surface area contributed by atoms with E-state index >= 15 is 0 Å². The van der Waals surface area contributed by atoms with Gasteiger partial charge in [0.1, 0.15) is 6.54 Å². The van der Waals surface area contributed by atoms with Crippen LogP contribution >= 0.6 is 0 Å². The molecule has 0 spiro atoms. The largest absolute Gasteiger partial charge is 0.352 e. The number of benzene rings is 1. The van der Waals surface area contributed by atoms with Gasteiger partial charge in [-0.25, -0.2) is 0 Å². The monoisotopic (exact) mass is 273 g/mol. The summed E-state index contributed by atoms with van der Waals surface area (Å²) in [6.07, 6.45) is 2.08. The summed E-state index contributed by atoms with van der Waals surface area (Å²) in [6, 6.07) is 8.39. The van der Waals surface area contributed by atoms with Gasteiger partial charge >= 0.3 is 0 Å². The van der Waals surface area contributed by atoms with Crippen molar-refractivity contribution < 1.29 is 4.79 Å². The number of rotatable bonds is 6. The number of carbonyl (C=O) groups excluding carboxylic acids is 1. The Hall–Kier alpha value is -1.81. The molecular weight excluding hydrogens is 250 g/mol. The summed E-state index contributed by atoms with van der Waals surface area (Å²) in [7, 11) is 0. The van der Waals surface area contributed by atoms with E-state index in [2.05, 4.69) is 35.9 Å². The van der Waals surface area contributed by atoms with Crippen LogP contribution in [0.25, 0.3) is 10.9 Å². The van der Waals surface area contributed by atoms with Gasteiger partial charge in [-0.3, -0.25) is 4.79 Å². The van der Waals surface area contributed by atoms with E-state index < -0.39 is 0 Å². The molecule has 108 valence electrons. The molecule has 0 aliphatic heterocycles. The zero-order chi connectivity index (χ0) is 14.5. The smallest absolute Gasteiger partial charge is 0.240 e.